The predicted molar refractivity (Wildman–Crippen MR) is 89.7 cm³/mol. The Labute approximate surface area is 133 Å². The summed E-state index contributed by atoms with van der Waals surface area (Å²) in [6.45, 7) is 4.35. The molecule has 1 aromatic carbocycles. The van der Waals surface area contributed by atoms with E-state index in [9.17, 15) is 9.90 Å². The smallest absolute Gasteiger partial charge is 0.319 e. The molecule has 0 radical (unpaired) electrons. The quantitative estimate of drug-likeness (QED) is 0.650. The van der Waals surface area contributed by atoms with E-state index in [1.165, 1.54) is 0 Å². The number of pyridine rings is 1. The van der Waals surface area contributed by atoms with Gasteiger partial charge in [-0.05, 0) is 43.7 Å². The zero-order valence-electron chi connectivity index (χ0n) is 13.0. The van der Waals surface area contributed by atoms with Gasteiger partial charge in [0.25, 0.3) is 0 Å². The Balaban J connectivity index is 1.98. The van der Waals surface area contributed by atoms with Crippen LogP contribution in [0.3, 0.4) is 0 Å². The van der Waals surface area contributed by atoms with Crippen LogP contribution in [0.15, 0.2) is 42.7 Å². The lowest BCUT2D eigenvalue weighted by molar-refractivity contribution is 0.252. The van der Waals surface area contributed by atoms with Crippen molar-refractivity contribution in [2.24, 2.45) is 0 Å². The second-order valence-electron chi connectivity index (χ2n) is 5.26. The highest BCUT2D eigenvalue weighted by atomic mass is 16.3. The van der Waals surface area contributed by atoms with E-state index < -0.39 is 0 Å². The fraction of sp³-hybridized carbons (Fsp3) is 0.176. The van der Waals surface area contributed by atoms with E-state index in [1.54, 1.807) is 18.2 Å². The number of benzene rings is 1. The van der Waals surface area contributed by atoms with Gasteiger partial charge in [-0.15, -0.1) is 0 Å². The highest BCUT2D eigenvalue weighted by molar-refractivity contribution is 5.91. The van der Waals surface area contributed by atoms with Crippen molar-refractivity contribution in [1.29, 1.82) is 0 Å². The van der Waals surface area contributed by atoms with Gasteiger partial charge >= 0.3 is 6.03 Å². The number of phenolic OH excluding ortho intramolecular Hbond substituents is 1. The molecule has 2 heterocycles. The monoisotopic (exact) mass is 310 g/mol. The molecule has 6 heteroatoms. The van der Waals surface area contributed by atoms with Gasteiger partial charge in [0, 0.05) is 24.5 Å². The molecule has 6 nitrogen and oxygen atoms in total. The van der Waals surface area contributed by atoms with Crippen LogP contribution in [-0.2, 0) is 0 Å². The number of fused-ring (bicyclic) bond motifs is 1. The van der Waals surface area contributed by atoms with E-state index in [0.29, 0.717) is 12.2 Å². The number of amides is 2. The molecule has 0 aliphatic heterocycles. The number of phenols is 1. The van der Waals surface area contributed by atoms with E-state index in [1.807, 2.05) is 42.8 Å². The standard InChI is InChI=1S/C17H18N4O2/c1-3-18-17(23)20-13-9-12(6-7-15(13)22)14-10-21-8-4-5-11(2)16(21)19-14/h4-10,22H,3H2,1-2H3,(H2,18,20,23). The minimum atomic E-state index is -0.356. The summed E-state index contributed by atoms with van der Waals surface area (Å²) in [6, 6.07) is 8.65. The van der Waals surface area contributed by atoms with Crippen molar-refractivity contribution in [2.45, 2.75) is 13.8 Å². The number of nitrogens with zero attached hydrogens (tertiary/aromatic N) is 2. The molecule has 23 heavy (non-hydrogen) atoms. The Bertz CT molecular complexity index is 870. The number of hydrogen-bond donors (Lipinski definition) is 3. The summed E-state index contributed by atoms with van der Waals surface area (Å²) >= 11 is 0. The van der Waals surface area contributed by atoms with Crippen LogP contribution in [0.25, 0.3) is 16.9 Å². The van der Waals surface area contributed by atoms with Crippen molar-refractivity contribution >= 4 is 17.4 Å². The zero-order valence-corrected chi connectivity index (χ0v) is 13.0. The maximum Gasteiger partial charge on any atom is 0.319 e. The van der Waals surface area contributed by atoms with Crippen molar-refractivity contribution < 1.29 is 9.90 Å². The number of urea groups is 1. The van der Waals surface area contributed by atoms with Crippen molar-refractivity contribution in [3.63, 3.8) is 0 Å². The number of imidazole rings is 1. The number of aryl methyl sites for hydroxylation is 1. The SMILES string of the molecule is CCNC(=O)Nc1cc(-c2cn3cccc(C)c3n2)ccc1O. The molecular weight excluding hydrogens is 292 g/mol. The fourth-order valence-corrected chi connectivity index (χ4v) is 2.42. The molecule has 0 unspecified atom stereocenters. The molecular formula is C17H18N4O2. The second kappa shape index (κ2) is 6.00. The number of aromatic nitrogens is 2. The van der Waals surface area contributed by atoms with Gasteiger partial charge in [-0.2, -0.15) is 0 Å². The molecule has 3 rings (SSSR count). The Hall–Kier alpha value is -3.02. The third kappa shape index (κ3) is 2.96. The van der Waals surface area contributed by atoms with Gasteiger partial charge in [0.2, 0.25) is 0 Å². The molecule has 0 aliphatic carbocycles. The fourth-order valence-electron chi connectivity index (χ4n) is 2.42. The maximum atomic E-state index is 11.6. The lowest BCUT2D eigenvalue weighted by atomic mass is 10.1. The number of aromatic hydroxyl groups is 1. The topological polar surface area (TPSA) is 78.7 Å². The molecule has 0 atom stereocenters. The summed E-state index contributed by atoms with van der Waals surface area (Å²) in [5.41, 5.74) is 3.91. The van der Waals surface area contributed by atoms with E-state index in [2.05, 4.69) is 15.6 Å². The van der Waals surface area contributed by atoms with Crippen molar-refractivity contribution in [3.05, 3.63) is 48.3 Å². The largest absolute Gasteiger partial charge is 0.506 e. The van der Waals surface area contributed by atoms with Crippen molar-refractivity contribution in [1.82, 2.24) is 14.7 Å². The average Bonchev–Trinajstić information content (AvgIpc) is 2.95. The van der Waals surface area contributed by atoms with Crippen LogP contribution >= 0.6 is 0 Å². The first-order chi connectivity index (χ1) is 11.1. The molecule has 0 fully saturated rings. The van der Waals surface area contributed by atoms with Crippen LogP contribution in [0.5, 0.6) is 5.75 Å². The third-order valence-electron chi connectivity index (χ3n) is 3.56. The lowest BCUT2D eigenvalue weighted by Crippen LogP contribution is -2.28. The first-order valence-corrected chi connectivity index (χ1v) is 7.41. The molecule has 0 spiro atoms. The molecule has 3 N–H and O–H groups in total. The van der Waals surface area contributed by atoms with Crippen LogP contribution in [0.2, 0.25) is 0 Å². The minimum Gasteiger partial charge on any atom is -0.506 e. The highest BCUT2D eigenvalue weighted by Gasteiger charge is 2.10. The number of anilines is 1. The molecule has 0 saturated heterocycles. The third-order valence-corrected chi connectivity index (χ3v) is 3.56. The van der Waals surface area contributed by atoms with Gasteiger partial charge in [-0.25, -0.2) is 9.78 Å². The van der Waals surface area contributed by atoms with Crippen molar-refractivity contribution in [3.8, 4) is 17.0 Å². The van der Waals surface area contributed by atoms with Crippen LogP contribution < -0.4 is 10.6 Å². The Kier molecular flexibility index (Phi) is 3.89. The highest BCUT2D eigenvalue weighted by Crippen LogP contribution is 2.29. The van der Waals surface area contributed by atoms with E-state index in [0.717, 1.165) is 22.5 Å². The van der Waals surface area contributed by atoms with Gasteiger partial charge in [0.15, 0.2) is 0 Å². The molecule has 0 aliphatic rings. The van der Waals surface area contributed by atoms with E-state index in [-0.39, 0.29) is 11.8 Å². The van der Waals surface area contributed by atoms with Crippen LogP contribution in [-0.4, -0.2) is 27.1 Å². The summed E-state index contributed by atoms with van der Waals surface area (Å²) in [4.78, 5) is 16.3. The van der Waals surface area contributed by atoms with E-state index in [4.69, 9.17) is 0 Å². The summed E-state index contributed by atoms with van der Waals surface area (Å²) in [5.74, 6) is 0.0138. The molecule has 118 valence electrons. The summed E-state index contributed by atoms with van der Waals surface area (Å²) in [7, 11) is 0. The lowest BCUT2D eigenvalue weighted by Gasteiger charge is -2.09. The number of carbonyl (C=O) groups is 1. The number of nitrogens with one attached hydrogen (secondary N) is 2. The van der Waals surface area contributed by atoms with Crippen LogP contribution in [0.1, 0.15) is 12.5 Å². The Morgan fingerprint density at radius 1 is 1.35 bits per heavy atom. The molecule has 2 amide bonds. The average molecular weight is 310 g/mol. The number of rotatable bonds is 3. The van der Waals surface area contributed by atoms with Crippen LogP contribution in [0.4, 0.5) is 10.5 Å². The molecule has 2 aromatic heterocycles. The first kappa shape index (κ1) is 14.9. The minimum absolute atomic E-state index is 0.0138. The second-order valence-corrected chi connectivity index (χ2v) is 5.26. The summed E-state index contributed by atoms with van der Waals surface area (Å²) in [5, 5.41) is 15.2. The van der Waals surface area contributed by atoms with Gasteiger partial charge in [0.05, 0.1) is 11.4 Å². The normalized spacial score (nSPS) is 10.7. The van der Waals surface area contributed by atoms with Gasteiger partial charge in [-0.3, -0.25) is 0 Å². The van der Waals surface area contributed by atoms with Gasteiger partial charge in [0.1, 0.15) is 11.4 Å². The number of hydrogen-bond acceptors (Lipinski definition) is 3. The summed E-state index contributed by atoms with van der Waals surface area (Å²) in [6.07, 6.45) is 3.86. The molecule has 0 saturated carbocycles. The predicted octanol–water partition coefficient (Wildman–Crippen LogP) is 3.16. The Morgan fingerprint density at radius 3 is 2.91 bits per heavy atom. The Morgan fingerprint density at radius 2 is 2.17 bits per heavy atom. The van der Waals surface area contributed by atoms with Crippen molar-refractivity contribution in [2.75, 3.05) is 11.9 Å². The maximum absolute atomic E-state index is 11.6. The zero-order chi connectivity index (χ0) is 16.4. The molecule has 0 bridgehead atoms. The summed E-state index contributed by atoms with van der Waals surface area (Å²) < 4.78 is 1.95. The van der Waals surface area contributed by atoms with Gasteiger partial charge in [-0.1, -0.05) is 6.07 Å². The van der Waals surface area contributed by atoms with Gasteiger partial charge < -0.3 is 20.1 Å². The van der Waals surface area contributed by atoms with E-state index >= 15 is 0 Å². The first-order valence-electron chi connectivity index (χ1n) is 7.41. The molecule has 3 aromatic rings. The number of carbonyl (C=O) groups excluding carboxylic acids is 1. The van der Waals surface area contributed by atoms with Crippen LogP contribution in [0, 0.1) is 6.92 Å².